The van der Waals surface area contributed by atoms with Gasteiger partial charge in [0, 0.05) is 23.5 Å². The second-order valence-corrected chi connectivity index (χ2v) is 7.09. The first-order valence-corrected chi connectivity index (χ1v) is 8.45. The number of hydrogen-bond donors (Lipinski definition) is 1. The van der Waals surface area contributed by atoms with E-state index in [1.807, 2.05) is 17.0 Å². The highest BCUT2D eigenvalue weighted by Gasteiger charge is 2.46. The van der Waals surface area contributed by atoms with E-state index in [-0.39, 0.29) is 12.5 Å². The Kier molecular flexibility index (Phi) is 3.60. The van der Waals surface area contributed by atoms with Crippen LogP contribution in [0.1, 0.15) is 25.7 Å². The van der Waals surface area contributed by atoms with Crippen LogP contribution in [-0.4, -0.2) is 40.4 Å². The molecule has 1 aromatic heterocycles. The number of nitrogens with one attached hydrogen (secondary N) is 1. The standard InChI is InChI=1S/C17H19ClN4O/c18-12-2-3-13-14(8-12)20-11-21-16(13)19-9-15(23)22-7-1-4-17(10-22)5-6-17/h2-3,8,11H,1,4-7,9-10H2,(H,19,20,21). The molecule has 5 nitrogen and oxygen atoms in total. The minimum absolute atomic E-state index is 0.150. The zero-order chi connectivity index (χ0) is 15.9. The van der Waals surface area contributed by atoms with E-state index in [9.17, 15) is 4.79 Å². The van der Waals surface area contributed by atoms with Gasteiger partial charge in [-0.3, -0.25) is 4.79 Å². The summed E-state index contributed by atoms with van der Waals surface area (Å²) in [7, 11) is 0. The molecule has 0 radical (unpaired) electrons. The van der Waals surface area contributed by atoms with Crippen molar-refractivity contribution in [3.63, 3.8) is 0 Å². The van der Waals surface area contributed by atoms with E-state index in [1.165, 1.54) is 25.6 Å². The van der Waals surface area contributed by atoms with E-state index in [4.69, 9.17) is 11.6 Å². The first-order chi connectivity index (χ1) is 11.2. The zero-order valence-electron chi connectivity index (χ0n) is 12.9. The van der Waals surface area contributed by atoms with Crippen LogP contribution in [0.15, 0.2) is 24.5 Å². The van der Waals surface area contributed by atoms with Gasteiger partial charge >= 0.3 is 0 Å². The van der Waals surface area contributed by atoms with Crippen molar-refractivity contribution in [1.82, 2.24) is 14.9 Å². The van der Waals surface area contributed by atoms with Gasteiger partial charge in [0.15, 0.2) is 0 Å². The molecular weight excluding hydrogens is 312 g/mol. The van der Waals surface area contributed by atoms with Crippen molar-refractivity contribution in [2.75, 3.05) is 25.0 Å². The van der Waals surface area contributed by atoms with Crippen molar-refractivity contribution in [2.24, 2.45) is 5.41 Å². The molecule has 1 aliphatic heterocycles. The Hall–Kier alpha value is -1.88. The monoisotopic (exact) mass is 330 g/mol. The van der Waals surface area contributed by atoms with Gasteiger partial charge in [-0.1, -0.05) is 11.6 Å². The first-order valence-electron chi connectivity index (χ1n) is 8.07. The largest absolute Gasteiger partial charge is 0.360 e. The number of amides is 1. The highest BCUT2D eigenvalue weighted by atomic mass is 35.5. The van der Waals surface area contributed by atoms with Crippen LogP contribution < -0.4 is 5.32 Å². The Bertz CT molecular complexity index is 759. The van der Waals surface area contributed by atoms with Gasteiger partial charge in [0.1, 0.15) is 12.1 Å². The van der Waals surface area contributed by atoms with Crippen LogP contribution in [0.3, 0.4) is 0 Å². The fourth-order valence-corrected chi connectivity index (χ4v) is 3.61. The molecule has 2 heterocycles. The zero-order valence-corrected chi connectivity index (χ0v) is 13.6. The Morgan fingerprint density at radius 2 is 2.17 bits per heavy atom. The molecule has 1 spiro atoms. The van der Waals surface area contributed by atoms with Crippen molar-refractivity contribution >= 4 is 34.2 Å². The molecule has 1 aliphatic carbocycles. The van der Waals surface area contributed by atoms with Crippen LogP contribution in [0.4, 0.5) is 5.82 Å². The van der Waals surface area contributed by atoms with Crippen molar-refractivity contribution in [1.29, 1.82) is 0 Å². The van der Waals surface area contributed by atoms with Crippen LogP contribution >= 0.6 is 11.6 Å². The number of fused-ring (bicyclic) bond motifs is 1. The SMILES string of the molecule is O=C(CNc1ncnc2cc(Cl)ccc12)N1CCCC2(CC2)C1. The maximum absolute atomic E-state index is 12.5. The normalized spacial score (nSPS) is 19.1. The molecule has 0 atom stereocenters. The Labute approximate surface area is 140 Å². The van der Waals surface area contributed by atoms with Gasteiger partial charge < -0.3 is 10.2 Å². The van der Waals surface area contributed by atoms with Crippen molar-refractivity contribution < 1.29 is 4.79 Å². The number of carbonyl (C=O) groups excluding carboxylic acids is 1. The summed E-state index contributed by atoms with van der Waals surface area (Å²) < 4.78 is 0. The first kappa shape index (κ1) is 14.7. The molecule has 1 amide bonds. The van der Waals surface area contributed by atoms with E-state index in [0.717, 1.165) is 30.4 Å². The molecule has 4 rings (SSSR count). The van der Waals surface area contributed by atoms with Crippen LogP contribution in [0.2, 0.25) is 5.02 Å². The van der Waals surface area contributed by atoms with Gasteiger partial charge in [-0.2, -0.15) is 0 Å². The molecule has 23 heavy (non-hydrogen) atoms. The lowest BCUT2D eigenvalue weighted by molar-refractivity contribution is -0.131. The highest BCUT2D eigenvalue weighted by molar-refractivity contribution is 6.31. The third-order valence-electron chi connectivity index (χ3n) is 4.98. The third kappa shape index (κ3) is 2.98. The van der Waals surface area contributed by atoms with Gasteiger partial charge in [-0.15, -0.1) is 0 Å². The summed E-state index contributed by atoms with van der Waals surface area (Å²) in [5, 5.41) is 4.68. The van der Waals surface area contributed by atoms with Crippen molar-refractivity contribution in [3.8, 4) is 0 Å². The lowest BCUT2D eigenvalue weighted by atomic mass is 9.95. The number of carbonyl (C=O) groups is 1. The van der Waals surface area contributed by atoms with E-state index < -0.39 is 0 Å². The molecule has 2 aromatic rings. The Morgan fingerprint density at radius 1 is 1.30 bits per heavy atom. The Morgan fingerprint density at radius 3 is 3.00 bits per heavy atom. The molecule has 120 valence electrons. The second kappa shape index (κ2) is 5.64. The Balaban J connectivity index is 1.45. The number of benzene rings is 1. The number of halogens is 1. The quantitative estimate of drug-likeness (QED) is 0.939. The highest BCUT2D eigenvalue weighted by Crippen LogP contribution is 2.51. The number of likely N-dealkylation sites (tertiary alicyclic amines) is 1. The molecule has 1 saturated heterocycles. The average molecular weight is 331 g/mol. The fourth-order valence-electron chi connectivity index (χ4n) is 3.45. The van der Waals surface area contributed by atoms with Gasteiger partial charge in [-0.25, -0.2) is 9.97 Å². The summed E-state index contributed by atoms with van der Waals surface area (Å²) in [5.74, 6) is 0.829. The number of piperidine rings is 1. The van der Waals surface area contributed by atoms with Crippen LogP contribution in [0, 0.1) is 5.41 Å². The topological polar surface area (TPSA) is 58.1 Å². The molecule has 1 N–H and O–H groups in total. The predicted molar refractivity (Wildman–Crippen MR) is 90.5 cm³/mol. The maximum atomic E-state index is 12.5. The number of hydrogen-bond acceptors (Lipinski definition) is 4. The summed E-state index contributed by atoms with van der Waals surface area (Å²) in [6.07, 6.45) is 6.46. The summed E-state index contributed by atoms with van der Waals surface area (Å²) in [5.41, 5.74) is 1.23. The second-order valence-electron chi connectivity index (χ2n) is 6.66. The summed E-state index contributed by atoms with van der Waals surface area (Å²) in [6, 6.07) is 5.49. The molecule has 6 heteroatoms. The summed E-state index contributed by atoms with van der Waals surface area (Å²) in [6.45, 7) is 2.07. The van der Waals surface area contributed by atoms with Gasteiger partial charge in [0.25, 0.3) is 0 Å². The average Bonchev–Trinajstić information content (AvgIpc) is 3.30. The number of aromatic nitrogens is 2. The minimum Gasteiger partial charge on any atom is -0.360 e. The van der Waals surface area contributed by atoms with Crippen LogP contribution in [0.25, 0.3) is 10.9 Å². The summed E-state index contributed by atoms with van der Waals surface area (Å²) in [4.78, 5) is 23.0. The molecule has 0 bridgehead atoms. The molecule has 2 fully saturated rings. The van der Waals surface area contributed by atoms with Gasteiger partial charge in [0.2, 0.25) is 5.91 Å². The van der Waals surface area contributed by atoms with Crippen molar-refractivity contribution in [2.45, 2.75) is 25.7 Å². The lowest BCUT2D eigenvalue weighted by Crippen LogP contribution is -2.43. The predicted octanol–water partition coefficient (Wildman–Crippen LogP) is 3.10. The van der Waals surface area contributed by atoms with Crippen molar-refractivity contribution in [3.05, 3.63) is 29.5 Å². The number of rotatable bonds is 3. The van der Waals surface area contributed by atoms with Gasteiger partial charge in [0.05, 0.1) is 12.1 Å². The van der Waals surface area contributed by atoms with Gasteiger partial charge in [-0.05, 0) is 49.3 Å². The molecular formula is C17H19ClN4O. The molecule has 1 saturated carbocycles. The lowest BCUT2D eigenvalue weighted by Gasteiger charge is -2.33. The van der Waals surface area contributed by atoms with E-state index in [1.54, 1.807) is 6.07 Å². The van der Waals surface area contributed by atoms with E-state index in [2.05, 4.69) is 15.3 Å². The molecule has 2 aliphatic rings. The fraction of sp³-hybridized carbons (Fsp3) is 0.471. The molecule has 0 unspecified atom stereocenters. The third-order valence-corrected chi connectivity index (χ3v) is 5.21. The minimum atomic E-state index is 0.150. The smallest absolute Gasteiger partial charge is 0.241 e. The number of nitrogens with zero attached hydrogens (tertiary/aromatic N) is 3. The van der Waals surface area contributed by atoms with E-state index in [0.29, 0.717) is 16.3 Å². The van der Waals surface area contributed by atoms with E-state index >= 15 is 0 Å². The maximum Gasteiger partial charge on any atom is 0.241 e. The summed E-state index contributed by atoms with van der Waals surface area (Å²) >= 11 is 5.99. The molecule has 1 aromatic carbocycles. The van der Waals surface area contributed by atoms with Crippen LogP contribution in [0.5, 0.6) is 0 Å². The number of anilines is 1. The van der Waals surface area contributed by atoms with Crippen LogP contribution in [-0.2, 0) is 4.79 Å².